The van der Waals surface area contributed by atoms with Crippen LogP contribution in [0.15, 0.2) is 24.4 Å². The smallest absolute Gasteiger partial charge is 0.329 e. The Morgan fingerprint density at radius 1 is 1.33 bits per heavy atom. The normalized spacial score (nSPS) is 12.6. The highest BCUT2D eigenvalue weighted by Crippen LogP contribution is 2.35. The SMILES string of the molecule is COC(=O)[C@@H](CC#C[Si](C)(C)C(C)(C)C)NC(=O)c1ccccn1. The molecule has 0 spiro atoms. The molecule has 0 aliphatic heterocycles. The van der Waals surface area contributed by atoms with Crippen molar-refractivity contribution < 1.29 is 14.3 Å². The van der Waals surface area contributed by atoms with E-state index in [0.717, 1.165) is 0 Å². The molecule has 0 unspecified atom stereocenters. The van der Waals surface area contributed by atoms with E-state index in [1.165, 1.54) is 13.3 Å². The van der Waals surface area contributed by atoms with Crippen LogP contribution in [0.3, 0.4) is 0 Å². The Balaban J connectivity index is 2.85. The number of nitrogens with one attached hydrogen (secondary N) is 1. The van der Waals surface area contributed by atoms with E-state index in [2.05, 4.69) is 55.6 Å². The van der Waals surface area contributed by atoms with E-state index >= 15 is 0 Å². The monoisotopic (exact) mass is 346 g/mol. The fourth-order valence-electron chi connectivity index (χ4n) is 1.63. The minimum atomic E-state index is -1.76. The van der Waals surface area contributed by atoms with Gasteiger partial charge >= 0.3 is 5.97 Å². The first-order valence-electron chi connectivity index (χ1n) is 7.88. The van der Waals surface area contributed by atoms with Gasteiger partial charge in [0.2, 0.25) is 0 Å². The Hall–Kier alpha value is -2.13. The maximum absolute atomic E-state index is 12.2. The van der Waals surface area contributed by atoms with Crippen LogP contribution in [-0.2, 0) is 9.53 Å². The van der Waals surface area contributed by atoms with E-state index in [9.17, 15) is 9.59 Å². The summed E-state index contributed by atoms with van der Waals surface area (Å²) in [5, 5.41) is 2.78. The molecule has 0 bridgehead atoms. The third kappa shape index (κ3) is 5.50. The molecule has 0 aromatic carbocycles. The summed E-state index contributed by atoms with van der Waals surface area (Å²) in [5.41, 5.74) is 3.59. The second kappa shape index (κ2) is 8.11. The highest BCUT2D eigenvalue weighted by atomic mass is 28.3. The molecular formula is C18H26N2O3Si. The predicted molar refractivity (Wildman–Crippen MR) is 97.1 cm³/mol. The first kappa shape index (κ1) is 19.9. The first-order chi connectivity index (χ1) is 11.1. The van der Waals surface area contributed by atoms with Gasteiger partial charge in [-0.25, -0.2) is 4.79 Å². The van der Waals surface area contributed by atoms with E-state index in [-0.39, 0.29) is 17.2 Å². The largest absolute Gasteiger partial charge is 0.467 e. The Kier molecular flexibility index (Phi) is 6.73. The summed E-state index contributed by atoms with van der Waals surface area (Å²) in [6.45, 7) is 10.9. The minimum Gasteiger partial charge on any atom is -0.467 e. The van der Waals surface area contributed by atoms with Crippen molar-refractivity contribution in [1.29, 1.82) is 0 Å². The van der Waals surface area contributed by atoms with Crippen molar-refractivity contribution in [2.75, 3.05) is 7.11 Å². The van der Waals surface area contributed by atoms with E-state index in [1.807, 2.05) is 0 Å². The third-order valence-electron chi connectivity index (χ3n) is 4.27. The van der Waals surface area contributed by atoms with Crippen LogP contribution in [0.2, 0.25) is 18.1 Å². The topological polar surface area (TPSA) is 68.3 Å². The number of rotatable bonds is 4. The van der Waals surface area contributed by atoms with Gasteiger partial charge in [0.25, 0.3) is 5.91 Å². The predicted octanol–water partition coefficient (Wildman–Crippen LogP) is 2.79. The zero-order valence-electron chi connectivity index (χ0n) is 15.3. The molecule has 1 aromatic heterocycles. The van der Waals surface area contributed by atoms with E-state index in [4.69, 9.17) is 4.74 Å². The molecule has 5 nitrogen and oxygen atoms in total. The first-order valence-corrected chi connectivity index (χ1v) is 10.9. The lowest BCUT2D eigenvalue weighted by Gasteiger charge is -2.31. The number of ether oxygens (including phenoxy) is 1. The molecule has 0 aliphatic carbocycles. The van der Waals surface area contributed by atoms with Crippen molar-refractivity contribution in [3.05, 3.63) is 30.1 Å². The van der Waals surface area contributed by atoms with E-state index < -0.39 is 26.0 Å². The van der Waals surface area contributed by atoms with E-state index in [0.29, 0.717) is 0 Å². The molecule has 0 saturated heterocycles. The summed E-state index contributed by atoms with van der Waals surface area (Å²) in [5.74, 6) is 2.15. The molecule has 130 valence electrons. The molecule has 0 aliphatic rings. The molecule has 6 heteroatoms. The van der Waals surface area contributed by atoms with Gasteiger partial charge in [0, 0.05) is 12.6 Å². The van der Waals surface area contributed by atoms with Gasteiger partial charge in [-0.05, 0) is 17.2 Å². The number of amides is 1. The maximum atomic E-state index is 12.2. The van der Waals surface area contributed by atoms with Gasteiger partial charge in [-0.3, -0.25) is 9.78 Å². The molecule has 1 aromatic rings. The van der Waals surface area contributed by atoms with Crippen LogP contribution in [0, 0.1) is 11.5 Å². The van der Waals surface area contributed by atoms with Gasteiger partial charge in [0.05, 0.1) is 7.11 Å². The summed E-state index contributed by atoms with van der Waals surface area (Å²) in [6.07, 6.45) is 1.75. The second-order valence-corrected chi connectivity index (χ2v) is 12.1. The average Bonchev–Trinajstić information content (AvgIpc) is 2.52. The lowest BCUT2D eigenvalue weighted by molar-refractivity contribution is -0.142. The fourth-order valence-corrected chi connectivity index (χ4v) is 2.55. The van der Waals surface area contributed by atoms with Crippen molar-refractivity contribution in [3.63, 3.8) is 0 Å². The van der Waals surface area contributed by atoms with Gasteiger partial charge in [0.15, 0.2) is 0 Å². The van der Waals surface area contributed by atoms with Gasteiger partial charge < -0.3 is 10.1 Å². The van der Waals surface area contributed by atoms with Crippen molar-refractivity contribution in [1.82, 2.24) is 10.3 Å². The molecule has 1 amide bonds. The van der Waals surface area contributed by atoms with E-state index in [1.54, 1.807) is 18.2 Å². The molecule has 24 heavy (non-hydrogen) atoms. The highest BCUT2D eigenvalue weighted by Gasteiger charge is 2.33. The quantitative estimate of drug-likeness (QED) is 0.517. The van der Waals surface area contributed by atoms with Crippen molar-refractivity contribution in [2.24, 2.45) is 0 Å². The van der Waals surface area contributed by atoms with Crippen LogP contribution in [0.25, 0.3) is 0 Å². The maximum Gasteiger partial charge on any atom is 0.329 e. The van der Waals surface area contributed by atoms with Crippen LogP contribution in [0.4, 0.5) is 0 Å². The van der Waals surface area contributed by atoms with Crippen molar-refractivity contribution in [2.45, 2.75) is 51.4 Å². The Morgan fingerprint density at radius 2 is 2.00 bits per heavy atom. The van der Waals surface area contributed by atoms with Crippen LogP contribution >= 0.6 is 0 Å². The summed E-state index contributed by atoms with van der Waals surface area (Å²) in [7, 11) is -0.464. The summed E-state index contributed by atoms with van der Waals surface area (Å²) >= 11 is 0. The molecule has 0 radical (unpaired) electrons. The molecule has 1 heterocycles. The van der Waals surface area contributed by atoms with Gasteiger partial charge in [0.1, 0.15) is 19.8 Å². The van der Waals surface area contributed by atoms with Gasteiger partial charge in [-0.15, -0.1) is 11.5 Å². The number of esters is 1. The molecule has 1 rings (SSSR count). The van der Waals surface area contributed by atoms with Crippen LogP contribution < -0.4 is 5.32 Å². The Bertz CT molecular complexity index is 640. The fraction of sp³-hybridized carbons (Fsp3) is 0.500. The van der Waals surface area contributed by atoms with Crippen LogP contribution in [0.5, 0.6) is 0 Å². The minimum absolute atomic E-state index is 0.137. The summed E-state index contributed by atoms with van der Waals surface area (Å²) in [4.78, 5) is 28.1. The molecule has 0 fully saturated rings. The number of pyridine rings is 1. The van der Waals surface area contributed by atoms with Crippen LogP contribution in [-0.4, -0.2) is 38.1 Å². The number of hydrogen-bond donors (Lipinski definition) is 1. The van der Waals surface area contributed by atoms with Gasteiger partial charge in [-0.2, -0.15) is 0 Å². The lowest BCUT2D eigenvalue weighted by Crippen LogP contribution is -2.42. The second-order valence-electron chi connectivity index (χ2n) is 7.15. The average molecular weight is 347 g/mol. The summed E-state index contributed by atoms with van der Waals surface area (Å²) < 4.78 is 4.77. The number of carbonyl (C=O) groups excluding carboxylic acids is 2. The third-order valence-corrected chi connectivity index (χ3v) is 8.82. The van der Waals surface area contributed by atoms with Gasteiger partial charge in [-0.1, -0.05) is 39.9 Å². The lowest BCUT2D eigenvalue weighted by atomic mass is 10.2. The molecule has 1 N–H and O–H groups in total. The number of carbonyl (C=O) groups is 2. The number of methoxy groups -OCH3 is 1. The Labute approximate surface area is 145 Å². The summed E-state index contributed by atoms with van der Waals surface area (Å²) in [6, 6.07) is 4.22. The molecule has 0 saturated carbocycles. The zero-order chi connectivity index (χ0) is 18.4. The van der Waals surface area contributed by atoms with Crippen molar-refractivity contribution in [3.8, 4) is 11.5 Å². The molecule has 1 atom stereocenters. The number of nitrogens with zero attached hydrogens (tertiary/aromatic N) is 1. The van der Waals surface area contributed by atoms with Crippen molar-refractivity contribution >= 4 is 20.0 Å². The van der Waals surface area contributed by atoms with Crippen LogP contribution in [0.1, 0.15) is 37.7 Å². The number of hydrogen-bond acceptors (Lipinski definition) is 4. The standard InChI is InChI=1S/C18H26N2O3Si/c1-18(2,3)24(5,6)13-9-11-15(17(22)23-4)20-16(21)14-10-7-8-12-19-14/h7-8,10,12,15H,11H2,1-6H3,(H,20,21)/t15-/m1/s1. The number of aromatic nitrogens is 1. The molecular weight excluding hydrogens is 320 g/mol. The zero-order valence-corrected chi connectivity index (χ0v) is 16.3. The Morgan fingerprint density at radius 3 is 2.50 bits per heavy atom. The highest BCUT2D eigenvalue weighted by molar-refractivity contribution is 6.87.